The summed E-state index contributed by atoms with van der Waals surface area (Å²) in [5.41, 5.74) is 1.20. The first kappa shape index (κ1) is 15.2. The van der Waals surface area contributed by atoms with Crippen molar-refractivity contribution in [3.63, 3.8) is 0 Å². The Labute approximate surface area is 123 Å². The molecule has 112 valence electrons. The van der Waals surface area contributed by atoms with Crippen LogP contribution in [-0.4, -0.2) is 26.2 Å². The molecule has 0 saturated carbocycles. The Morgan fingerprint density at radius 2 is 1.90 bits per heavy atom. The van der Waals surface area contributed by atoms with Crippen molar-refractivity contribution in [1.29, 1.82) is 0 Å². The van der Waals surface area contributed by atoms with Gasteiger partial charge in [-0.05, 0) is 62.5 Å². The fraction of sp³-hybridized carbons (Fsp3) is 0.647. The van der Waals surface area contributed by atoms with E-state index in [0.29, 0.717) is 0 Å². The second-order valence-corrected chi connectivity index (χ2v) is 5.65. The normalized spacial score (nSPS) is 16.1. The van der Waals surface area contributed by atoms with Crippen LogP contribution in [0.3, 0.4) is 0 Å². The molecule has 0 aliphatic carbocycles. The van der Waals surface area contributed by atoms with E-state index in [2.05, 4.69) is 41.8 Å². The number of ether oxygens (including phenoxy) is 1. The van der Waals surface area contributed by atoms with Crippen LogP contribution in [0.5, 0.6) is 5.75 Å². The van der Waals surface area contributed by atoms with E-state index < -0.39 is 0 Å². The zero-order valence-electron chi connectivity index (χ0n) is 12.7. The van der Waals surface area contributed by atoms with Gasteiger partial charge in [-0.2, -0.15) is 0 Å². The van der Waals surface area contributed by atoms with Gasteiger partial charge < -0.3 is 15.4 Å². The van der Waals surface area contributed by atoms with Crippen LogP contribution in [0, 0.1) is 5.92 Å². The lowest BCUT2D eigenvalue weighted by atomic mass is 9.98. The summed E-state index contributed by atoms with van der Waals surface area (Å²) in [5.74, 6) is 1.79. The highest BCUT2D eigenvalue weighted by Crippen LogP contribution is 2.18. The van der Waals surface area contributed by atoms with Crippen LogP contribution in [0.4, 0.5) is 5.69 Å². The van der Waals surface area contributed by atoms with Crippen molar-refractivity contribution in [1.82, 2.24) is 5.32 Å². The van der Waals surface area contributed by atoms with Crippen molar-refractivity contribution in [2.75, 3.05) is 31.6 Å². The predicted octanol–water partition coefficient (Wildman–Crippen LogP) is 3.67. The number of hydrogen-bond donors (Lipinski definition) is 2. The molecule has 1 aromatic carbocycles. The topological polar surface area (TPSA) is 33.3 Å². The van der Waals surface area contributed by atoms with E-state index in [1.807, 2.05) is 0 Å². The molecule has 0 aromatic heterocycles. The molecule has 1 heterocycles. The molecule has 0 radical (unpaired) electrons. The molecule has 3 heteroatoms. The van der Waals surface area contributed by atoms with Crippen molar-refractivity contribution in [3.05, 3.63) is 24.3 Å². The monoisotopic (exact) mass is 276 g/mol. The van der Waals surface area contributed by atoms with E-state index in [-0.39, 0.29) is 0 Å². The third-order valence-electron chi connectivity index (χ3n) is 3.92. The molecule has 0 amide bonds. The second-order valence-electron chi connectivity index (χ2n) is 5.65. The largest absolute Gasteiger partial charge is 0.494 e. The first-order valence-electron chi connectivity index (χ1n) is 8.06. The molecule has 3 nitrogen and oxygen atoms in total. The lowest BCUT2D eigenvalue weighted by Gasteiger charge is -2.23. The predicted molar refractivity (Wildman–Crippen MR) is 85.5 cm³/mol. The SMILES string of the molecule is CCCCCOc1ccc(NCC2CCNCC2)cc1. The highest BCUT2D eigenvalue weighted by Gasteiger charge is 2.12. The van der Waals surface area contributed by atoms with Gasteiger partial charge in [0.15, 0.2) is 0 Å². The van der Waals surface area contributed by atoms with Gasteiger partial charge in [0.2, 0.25) is 0 Å². The van der Waals surface area contributed by atoms with Crippen LogP contribution in [0.15, 0.2) is 24.3 Å². The molecular formula is C17H28N2O. The van der Waals surface area contributed by atoms with E-state index in [0.717, 1.165) is 44.3 Å². The summed E-state index contributed by atoms with van der Waals surface area (Å²) >= 11 is 0. The van der Waals surface area contributed by atoms with E-state index in [9.17, 15) is 0 Å². The van der Waals surface area contributed by atoms with Crippen molar-refractivity contribution in [2.24, 2.45) is 5.92 Å². The fourth-order valence-corrected chi connectivity index (χ4v) is 2.56. The molecule has 20 heavy (non-hydrogen) atoms. The molecule has 2 rings (SSSR count). The van der Waals surface area contributed by atoms with Crippen LogP contribution in [0.25, 0.3) is 0 Å². The zero-order chi connectivity index (χ0) is 14.0. The molecule has 2 N–H and O–H groups in total. The van der Waals surface area contributed by atoms with Crippen LogP contribution in [0.1, 0.15) is 39.0 Å². The number of anilines is 1. The molecule has 1 aromatic rings. The van der Waals surface area contributed by atoms with Crippen LogP contribution < -0.4 is 15.4 Å². The second kappa shape index (κ2) is 8.85. The van der Waals surface area contributed by atoms with Gasteiger partial charge in [-0.1, -0.05) is 19.8 Å². The molecule has 1 aliphatic rings. The summed E-state index contributed by atoms with van der Waals surface area (Å²) in [5, 5.41) is 6.94. The van der Waals surface area contributed by atoms with Crippen molar-refractivity contribution >= 4 is 5.69 Å². The summed E-state index contributed by atoms with van der Waals surface area (Å²) in [4.78, 5) is 0. The maximum absolute atomic E-state index is 5.72. The molecule has 1 saturated heterocycles. The number of nitrogens with one attached hydrogen (secondary N) is 2. The molecule has 1 fully saturated rings. The van der Waals surface area contributed by atoms with Gasteiger partial charge in [-0.25, -0.2) is 0 Å². The van der Waals surface area contributed by atoms with Crippen LogP contribution >= 0.6 is 0 Å². The van der Waals surface area contributed by atoms with E-state index in [1.54, 1.807) is 0 Å². The van der Waals surface area contributed by atoms with Gasteiger partial charge in [-0.15, -0.1) is 0 Å². The molecular weight excluding hydrogens is 248 g/mol. The first-order chi connectivity index (χ1) is 9.88. The van der Waals surface area contributed by atoms with Gasteiger partial charge in [0.1, 0.15) is 5.75 Å². The number of hydrogen-bond acceptors (Lipinski definition) is 3. The Hall–Kier alpha value is -1.22. The van der Waals surface area contributed by atoms with Crippen LogP contribution in [-0.2, 0) is 0 Å². The molecule has 0 spiro atoms. The van der Waals surface area contributed by atoms with Crippen LogP contribution in [0.2, 0.25) is 0 Å². The first-order valence-corrected chi connectivity index (χ1v) is 8.06. The summed E-state index contributed by atoms with van der Waals surface area (Å²) < 4.78 is 5.72. The van der Waals surface area contributed by atoms with Gasteiger partial charge in [0, 0.05) is 12.2 Å². The van der Waals surface area contributed by atoms with E-state index >= 15 is 0 Å². The lowest BCUT2D eigenvalue weighted by Crippen LogP contribution is -2.31. The van der Waals surface area contributed by atoms with Crippen molar-refractivity contribution in [3.8, 4) is 5.75 Å². The molecule has 0 unspecified atom stereocenters. The Balaban J connectivity index is 1.68. The Morgan fingerprint density at radius 3 is 2.60 bits per heavy atom. The zero-order valence-corrected chi connectivity index (χ0v) is 12.7. The number of benzene rings is 1. The minimum absolute atomic E-state index is 0.807. The summed E-state index contributed by atoms with van der Waals surface area (Å²) in [6.45, 7) is 6.45. The third-order valence-corrected chi connectivity index (χ3v) is 3.92. The number of rotatable bonds is 8. The average molecular weight is 276 g/mol. The third kappa shape index (κ3) is 5.41. The highest BCUT2D eigenvalue weighted by atomic mass is 16.5. The molecule has 0 bridgehead atoms. The van der Waals surface area contributed by atoms with E-state index in [4.69, 9.17) is 4.74 Å². The van der Waals surface area contributed by atoms with Gasteiger partial charge in [0.05, 0.1) is 6.61 Å². The number of unbranched alkanes of at least 4 members (excludes halogenated alkanes) is 2. The van der Waals surface area contributed by atoms with Crippen molar-refractivity contribution in [2.45, 2.75) is 39.0 Å². The summed E-state index contributed by atoms with van der Waals surface area (Å²) in [7, 11) is 0. The van der Waals surface area contributed by atoms with Crippen molar-refractivity contribution < 1.29 is 4.74 Å². The standard InChI is InChI=1S/C17H28N2O/c1-2-3-4-13-20-17-7-5-16(6-8-17)19-14-15-9-11-18-12-10-15/h5-8,15,18-19H,2-4,9-14H2,1H3. The van der Waals surface area contributed by atoms with Gasteiger partial charge >= 0.3 is 0 Å². The quantitative estimate of drug-likeness (QED) is 0.711. The van der Waals surface area contributed by atoms with Gasteiger partial charge in [0.25, 0.3) is 0 Å². The minimum Gasteiger partial charge on any atom is -0.494 e. The maximum Gasteiger partial charge on any atom is 0.119 e. The Morgan fingerprint density at radius 1 is 1.15 bits per heavy atom. The maximum atomic E-state index is 5.72. The summed E-state index contributed by atoms with van der Waals surface area (Å²) in [6.07, 6.45) is 6.20. The Kier molecular flexibility index (Phi) is 6.72. The van der Waals surface area contributed by atoms with Gasteiger partial charge in [-0.3, -0.25) is 0 Å². The summed E-state index contributed by atoms with van der Waals surface area (Å²) in [6, 6.07) is 8.37. The smallest absolute Gasteiger partial charge is 0.119 e. The fourth-order valence-electron chi connectivity index (χ4n) is 2.56. The Bertz CT molecular complexity index is 358. The average Bonchev–Trinajstić information content (AvgIpc) is 2.52. The highest BCUT2D eigenvalue weighted by molar-refractivity contribution is 5.46. The molecule has 0 atom stereocenters. The molecule has 1 aliphatic heterocycles. The minimum atomic E-state index is 0.807. The number of piperidine rings is 1. The van der Waals surface area contributed by atoms with E-state index in [1.165, 1.54) is 31.4 Å². The lowest BCUT2D eigenvalue weighted by molar-refractivity contribution is 0.306.